The van der Waals surface area contributed by atoms with Crippen molar-refractivity contribution in [1.29, 1.82) is 0 Å². The van der Waals surface area contributed by atoms with Gasteiger partial charge in [0.1, 0.15) is 18.5 Å². The molecule has 2 aromatic rings. The second-order valence-corrected chi connectivity index (χ2v) is 7.77. The second kappa shape index (κ2) is 8.70. The zero-order chi connectivity index (χ0) is 17.6. The first-order valence-electron chi connectivity index (χ1n) is 8.82. The van der Waals surface area contributed by atoms with Crippen molar-refractivity contribution in [2.24, 2.45) is 0 Å². The number of aryl methyl sites for hydroxylation is 1. The molecule has 3 rings (SSSR count). The molecule has 0 aliphatic carbocycles. The summed E-state index contributed by atoms with van der Waals surface area (Å²) in [6, 6.07) is 15.3. The number of benzene rings is 2. The minimum absolute atomic E-state index is 0.152. The molecule has 0 radical (unpaired) electrons. The largest absolute Gasteiger partial charge is 0.386 e. The molecule has 3 nitrogen and oxygen atoms in total. The summed E-state index contributed by atoms with van der Waals surface area (Å²) in [5, 5.41) is 10.3. The van der Waals surface area contributed by atoms with Crippen molar-refractivity contribution in [2.45, 2.75) is 17.9 Å². The first-order valence-corrected chi connectivity index (χ1v) is 9.81. The van der Waals surface area contributed by atoms with E-state index in [9.17, 15) is 9.50 Å². The highest BCUT2D eigenvalue weighted by Crippen LogP contribution is 2.20. The zero-order valence-electron chi connectivity index (χ0n) is 14.6. The van der Waals surface area contributed by atoms with Crippen LogP contribution < -0.4 is 9.80 Å². The molecule has 1 aliphatic rings. The molecule has 134 valence electrons. The number of halogens is 1. The van der Waals surface area contributed by atoms with Gasteiger partial charge in [-0.1, -0.05) is 29.8 Å². The highest BCUT2D eigenvalue weighted by atomic mass is 32.2. The number of anilines is 1. The fourth-order valence-electron chi connectivity index (χ4n) is 3.27. The van der Waals surface area contributed by atoms with Crippen molar-refractivity contribution < 1.29 is 14.4 Å². The van der Waals surface area contributed by atoms with Crippen LogP contribution in [-0.4, -0.2) is 49.7 Å². The molecule has 25 heavy (non-hydrogen) atoms. The van der Waals surface area contributed by atoms with E-state index >= 15 is 0 Å². The third kappa shape index (κ3) is 5.21. The Morgan fingerprint density at radius 2 is 1.92 bits per heavy atom. The van der Waals surface area contributed by atoms with Crippen molar-refractivity contribution in [3.63, 3.8) is 0 Å². The maximum atomic E-state index is 13.9. The Morgan fingerprint density at radius 3 is 2.64 bits per heavy atom. The number of quaternary nitrogens is 1. The third-order valence-corrected chi connectivity index (χ3v) is 5.76. The van der Waals surface area contributed by atoms with E-state index in [0.29, 0.717) is 11.4 Å². The summed E-state index contributed by atoms with van der Waals surface area (Å²) >= 11 is 1.71. The maximum Gasteiger partial charge on any atom is 0.146 e. The van der Waals surface area contributed by atoms with Crippen LogP contribution in [0.1, 0.15) is 5.56 Å². The molecule has 5 heteroatoms. The normalized spacial score (nSPS) is 16.8. The van der Waals surface area contributed by atoms with E-state index in [4.69, 9.17) is 0 Å². The summed E-state index contributed by atoms with van der Waals surface area (Å²) in [6.07, 6.45) is -0.319. The van der Waals surface area contributed by atoms with Gasteiger partial charge in [-0.3, -0.25) is 0 Å². The van der Waals surface area contributed by atoms with Gasteiger partial charge in [-0.05, 0) is 31.2 Å². The van der Waals surface area contributed by atoms with E-state index in [0.717, 1.165) is 32.7 Å². The number of para-hydroxylation sites is 1. The molecule has 1 heterocycles. The fourth-order valence-corrected chi connectivity index (χ4v) is 4.21. The summed E-state index contributed by atoms with van der Waals surface area (Å²) in [4.78, 5) is 4.70. The van der Waals surface area contributed by atoms with Gasteiger partial charge in [-0.15, -0.1) is 11.8 Å². The minimum Gasteiger partial charge on any atom is -0.386 e. The topological polar surface area (TPSA) is 27.9 Å². The van der Waals surface area contributed by atoms with Gasteiger partial charge in [-0.25, -0.2) is 4.39 Å². The number of rotatable bonds is 6. The van der Waals surface area contributed by atoms with Gasteiger partial charge in [0.05, 0.1) is 31.9 Å². The molecule has 1 atom stereocenters. The number of piperazine rings is 1. The number of thioether (sulfide) groups is 1. The second-order valence-electron chi connectivity index (χ2n) is 6.67. The van der Waals surface area contributed by atoms with Crippen LogP contribution in [0.2, 0.25) is 0 Å². The predicted molar refractivity (Wildman–Crippen MR) is 102 cm³/mol. The summed E-state index contributed by atoms with van der Waals surface area (Å²) in [6.45, 7) is 6.35. The average molecular weight is 362 g/mol. The molecular formula is C20H26FN2OS+. The summed E-state index contributed by atoms with van der Waals surface area (Å²) < 4.78 is 13.9. The summed E-state index contributed by atoms with van der Waals surface area (Å²) in [5.74, 6) is 0.560. The lowest BCUT2D eigenvalue weighted by molar-refractivity contribution is -0.903. The van der Waals surface area contributed by atoms with E-state index in [1.54, 1.807) is 17.8 Å². The molecule has 1 fully saturated rings. The van der Waals surface area contributed by atoms with Crippen LogP contribution in [0.3, 0.4) is 0 Å². The Labute approximate surface area is 153 Å². The molecule has 1 saturated heterocycles. The van der Waals surface area contributed by atoms with Crippen LogP contribution >= 0.6 is 11.8 Å². The molecule has 1 aliphatic heterocycles. The Balaban J connectivity index is 1.43. The summed E-state index contributed by atoms with van der Waals surface area (Å²) in [5.41, 5.74) is 1.94. The molecule has 0 bridgehead atoms. The van der Waals surface area contributed by atoms with E-state index in [2.05, 4.69) is 36.1 Å². The van der Waals surface area contributed by atoms with Gasteiger partial charge in [-0.2, -0.15) is 0 Å². The highest BCUT2D eigenvalue weighted by Gasteiger charge is 2.23. The van der Waals surface area contributed by atoms with Crippen LogP contribution in [0.4, 0.5) is 10.1 Å². The van der Waals surface area contributed by atoms with Crippen molar-refractivity contribution in [3.05, 3.63) is 59.9 Å². The van der Waals surface area contributed by atoms with E-state index in [1.807, 2.05) is 12.1 Å². The van der Waals surface area contributed by atoms with E-state index in [1.165, 1.54) is 21.4 Å². The number of nitrogens with zero attached hydrogens (tertiary/aromatic N) is 1. The van der Waals surface area contributed by atoms with Gasteiger partial charge in [0.2, 0.25) is 0 Å². The van der Waals surface area contributed by atoms with Crippen molar-refractivity contribution >= 4 is 17.4 Å². The Morgan fingerprint density at radius 1 is 1.16 bits per heavy atom. The minimum atomic E-state index is -0.319. The average Bonchev–Trinajstić information content (AvgIpc) is 2.61. The van der Waals surface area contributed by atoms with Gasteiger partial charge in [0, 0.05) is 10.6 Å². The van der Waals surface area contributed by atoms with Crippen LogP contribution in [0.15, 0.2) is 53.4 Å². The Kier molecular flexibility index (Phi) is 6.34. The van der Waals surface area contributed by atoms with Crippen LogP contribution in [0.25, 0.3) is 0 Å². The van der Waals surface area contributed by atoms with Crippen molar-refractivity contribution in [2.75, 3.05) is 43.4 Å². The van der Waals surface area contributed by atoms with E-state index in [-0.39, 0.29) is 11.9 Å². The molecular weight excluding hydrogens is 335 g/mol. The molecule has 0 unspecified atom stereocenters. The molecule has 0 amide bonds. The molecule has 0 aromatic heterocycles. The van der Waals surface area contributed by atoms with Crippen molar-refractivity contribution in [3.8, 4) is 0 Å². The number of aliphatic hydroxyl groups is 1. The lowest BCUT2D eigenvalue weighted by Gasteiger charge is -2.34. The first-order chi connectivity index (χ1) is 12.1. The Bertz CT molecular complexity index is 689. The number of hydrogen-bond donors (Lipinski definition) is 2. The SMILES string of the molecule is Cc1cccc(SC[C@@H](O)C[NH+]2CCN(c3ccccc3F)CC2)c1. The van der Waals surface area contributed by atoms with Crippen molar-refractivity contribution in [1.82, 2.24) is 0 Å². The van der Waals surface area contributed by atoms with Gasteiger partial charge in [0.25, 0.3) is 0 Å². The molecule has 2 aromatic carbocycles. The fraction of sp³-hybridized carbons (Fsp3) is 0.400. The monoisotopic (exact) mass is 361 g/mol. The quantitative estimate of drug-likeness (QED) is 0.771. The van der Waals surface area contributed by atoms with Gasteiger partial charge >= 0.3 is 0 Å². The maximum absolute atomic E-state index is 13.9. The van der Waals surface area contributed by atoms with E-state index < -0.39 is 0 Å². The Hall–Kier alpha value is -1.56. The number of nitrogens with one attached hydrogen (secondary N) is 1. The van der Waals surface area contributed by atoms with Gasteiger partial charge in [0.15, 0.2) is 0 Å². The highest BCUT2D eigenvalue weighted by molar-refractivity contribution is 7.99. The van der Waals surface area contributed by atoms with Gasteiger partial charge < -0.3 is 14.9 Å². The first kappa shape index (κ1) is 18.2. The summed E-state index contributed by atoms with van der Waals surface area (Å²) in [7, 11) is 0. The smallest absolute Gasteiger partial charge is 0.146 e. The van der Waals surface area contributed by atoms with Crippen LogP contribution in [0.5, 0.6) is 0 Å². The van der Waals surface area contributed by atoms with Crippen LogP contribution in [0, 0.1) is 12.7 Å². The molecule has 0 saturated carbocycles. The number of hydrogen-bond acceptors (Lipinski definition) is 3. The lowest BCUT2D eigenvalue weighted by atomic mass is 10.2. The molecule has 2 N–H and O–H groups in total. The molecule has 0 spiro atoms. The zero-order valence-corrected chi connectivity index (χ0v) is 15.4. The third-order valence-electron chi connectivity index (χ3n) is 4.62. The lowest BCUT2D eigenvalue weighted by Crippen LogP contribution is -3.16. The standard InChI is InChI=1S/C20H25FN2OS/c1-16-5-4-6-18(13-16)25-15-17(24)14-22-9-11-23(12-10-22)20-8-3-2-7-19(20)21/h2-8,13,17,24H,9-12,14-15H2,1H3/p+1/t17-/m0/s1. The number of aliphatic hydroxyl groups excluding tert-OH is 1. The van der Waals surface area contributed by atoms with Crippen LogP contribution in [-0.2, 0) is 0 Å². The predicted octanol–water partition coefficient (Wildman–Crippen LogP) is 1.99.